The summed E-state index contributed by atoms with van der Waals surface area (Å²) in [7, 11) is -3.91. The summed E-state index contributed by atoms with van der Waals surface area (Å²) in [6.07, 6.45) is 4.48. The van der Waals surface area contributed by atoms with E-state index in [1.54, 1.807) is 62.3 Å². The number of ether oxygens (including phenoxy) is 2. The number of hydrogen-bond donors (Lipinski definition) is 0. The lowest BCUT2D eigenvalue weighted by Gasteiger charge is -2.37. The molecule has 0 N–H and O–H groups in total. The number of esters is 1. The smallest absolute Gasteiger partial charge is 0.334 e. The van der Waals surface area contributed by atoms with Crippen LogP contribution in [0.3, 0.4) is 0 Å². The molecule has 0 saturated heterocycles. The lowest BCUT2D eigenvalue weighted by atomic mass is 9.87. The van der Waals surface area contributed by atoms with Crippen molar-refractivity contribution < 1.29 is 22.7 Å². The van der Waals surface area contributed by atoms with Gasteiger partial charge >= 0.3 is 5.97 Å². The molecule has 2 atom stereocenters. The number of hydrogen-bond acceptors (Lipinski definition) is 5. The minimum Gasteiger partial charge on any atom is -0.497 e. The van der Waals surface area contributed by atoms with Gasteiger partial charge in [0.2, 0.25) is 10.0 Å². The third kappa shape index (κ3) is 7.03. The van der Waals surface area contributed by atoms with E-state index in [0.717, 1.165) is 11.1 Å². The molecule has 0 bridgehead atoms. The Balaban J connectivity index is 2.03. The lowest BCUT2D eigenvalue weighted by molar-refractivity contribution is -0.148. The van der Waals surface area contributed by atoms with E-state index in [-0.39, 0.29) is 11.5 Å². The van der Waals surface area contributed by atoms with Gasteiger partial charge < -0.3 is 9.47 Å². The van der Waals surface area contributed by atoms with Crippen molar-refractivity contribution >= 4 is 27.6 Å². The second-order valence-electron chi connectivity index (χ2n) is 11.3. The number of halogens is 1. The highest BCUT2D eigenvalue weighted by Crippen LogP contribution is 2.46. The van der Waals surface area contributed by atoms with E-state index in [1.165, 1.54) is 12.3 Å². The van der Waals surface area contributed by atoms with Gasteiger partial charge in [-0.25, -0.2) is 13.2 Å². The van der Waals surface area contributed by atoms with E-state index in [2.05, 4.69) is 0 Å². The van der Waals surface area contributed by atoms with Gasteiger partial charge in [0.25, 0.3) is 0 Å². The first-order valence-electron chi connectivity index (χ1n) is 12.2. The van der Waals surface area contributed by atoms with Gasteiger partial charge in [-0.15, -0.1) is 0 Å². The molecule has 0 radical (unpaired) electrons. The predicted molar refractivity (Wildman–Crippen MR) is 147 cm³/mol. The number of carbonyl (C=O) groups excluding carboxylic acids is 1. The molecule has 1 aliphatic rings. The molecule has 1 unspecified atom stereocenters. The quantitative estimate of drug-likeness (QED) is 0.169. The molecule has 2 aromatic rings. The van der Waals surface area contributed by atoms with Crippen LogP contribution in [-0.4, -0.2) is 36.9 Å². The van der Waals surface area contributed by atoms with Gasteiger partial charge in [0.15, 0.2) is 0 Å². The van der Waals surface area contributed by atoms with Crippen molar-refractivity contribution in [2.45, 2.75) is 71.0 Å². The van der Waals surface area contributed by atoms with Gasteiger partial charge in [0.05, 0.1) is 23.3 Å². The molecule has 0 fully saturated rings. The summed E-state index contributed by atoms with van der Waals surface area (Å²) in [5.74, 6) is -0.515. The summed E-state index contributed by atoms with van der Waals surface area (Å²) in [4.78, 5) is 12.3. The maximum absolute atomic E-state index is 14.2. The van der Waals surface area contributed by atoms with Crippen molar-refractivity contribution in [2.24, 2.45) is 5.41 Å². The van der Waals surface area contributed by atoms with Gasteiger partial charge in [-0.05, 0) is 68.0 Å². The van der Waals surface area contributed by atoms with Crippen LogP contribution in [-0.2, 0) is 24.3 Å². The van der Waals surface area contributed by atoms with Crippen molar-refractivity contribution in [3.05, 3.63) is 88.7 Å². The first-order valence-corrected chi connectivity index (χ1v) is 14.0. The first kappa shape index (κ1) is 29.0. The summed E-state index contributed by atoms with van der Waals surface area (Å²) < 4.78 is 41.0. The minimum absolute atomic E-state index is 0.0962. The number of sulfonamides is 1. The molecule has 2 aromatic carbocycles. The summed E-state index contributed by atoms with van der Waals surface area (Å²) >= 11 is 6.15. The molecule has 200 valence electrons. The van der Waals surface area contributed by atoms with Crippen LogP contribution in [0, 0.1) is 12.3 Å². The fourth-order valence-electron chi connectivity index (χ4n) is 4.29. The number of aryl methyl sites for hydroxylation is 1. The SMILES string of the molecule is Cc1ccccc1S(=O)(=O)N1C(C(C)(C)C)C=C(CO/C=C/C(=O)OC(C)(C)C)[C@@H]1c1ccc(Cl)cc1. The van der Waals surface area contributed by atoms with Crippen LogP contribution in [0.4, 0.5) is 0 Å². The zero-order valence-electron chi connectivity index (χ0n) is 22.5. The average molecular weight is 546 g/mol. The molecular formula is C29H36ClNO5S. The monoisotopic (exact) mass is 545 g/mol. The Labute approximate surface area is 226 Å². The van der Waals surface area contributed by atoms with Crippen molar-refractivity contribution in [3.63, 3.8) is 0 Å². The lowest BCUT2D eigenvalue weighted by Crippen LogP contribution is -2.45. The fraction of sp³-hybridized carbons (Fsp3) is 0.414. The summed E-state index contributed by atoms with van der Waals surface area (Å²) in [6.45, 7) is 13.3. The molecule has 37 heavy (non-hydrogen) atoms. The normalized spacial score (nSPS) is 19.2. The molecule has 1 heterocycles. The van der Waals surface area contributed by atoms with Gasteiger partial charge in [0.1, 0.15) is 12.2 Å². The number of benzene rings is 2. The highest BCUT2D eigenvalue weighted by Gasteiger charge is 2.48. The van der Waals surface area contributed by atoms with E-state index in [0.29, 0.717) is 10.6 Å². The third-order valence-electron chi connectivity index (χ3n) is 5.93. The molecular weight excluding hydrogens is 510 g/mol. The van der Waals surface area contributed by atoms with E-state index in [1.807, 2.05) is 45.0 Å². The summed E-state index contributed by atoms with van der Waals surface area (Å²) in [5.41, 5.74) is 1.20. The third-order valence-corrected chi connectivity index (χ3v) is 8.19. The molecule has 0 amide bonds. The van der Waals surface area contributed by atoms with E-state index < -0.39 is 39.1 Å². The molecule has 0 saturated carbocycles. The Bertz CT molecular complexity index is 1280. The van der Waals surface area contributed by atoms with Gasteiger partial charge in [-0.3, -0.25) is 0 Å². The van der Waals surface area contributed by atoms with E-state index in [4.69, 9.17) is 21.1 Å². The maximum Gasteiger partial charge on any atom is 0.334 e. The van der Waals surface area contributed by atoms with Crippen LogP contribution in [0.15, 0.2) is 77.4 Å². The highest BCUT2D eigenvalue weighted by molar-refractivity contribution is 7.89. The molecule has 6 nitrogen and oxygen atoms in total. The maximum atomic E-state index is 14.2. The summed E-state index contributed by atoms with van der Waals surface area (Å²) in [6, 6.07) is 13.1. The largest absolute Gasteiger partial charge is 0.497 e. The van der Waals surface area contributed by atoms with Crippen molar-refractivity contribution in [1.29, 1.82) is 0 Å². The fourth-order valence-corrected chi connectivity index (χ4v) is 6.58. The van der Waals surface area contributed by atoms with Crippen LogP contribution in [0.25, 0.3) is 0 Å². The van der Waals surface area contributed by atoms with Crippen molar-refractivity contribution in [2.75, 3.05) is 6.61 Å². The van der Waals surface area contributed by atoms with Crippen LogP contribution >= 0.6 is 11.6 Å². The number of nitrogens with zero attached hydrogens (tertiary/aromatic N) is 1. The van der Waals surface area contributed by atoms with E-state index >= 15 is 0 Å². The van der Waals surface area contributed by atoms with Crippen LogP contribution in [0.1, 0.15) is 58.7 Å². The van der Waals surface area contributed by atoms with Crippen LogP contribution < -0.4 is 0 Å². The highest BCUT2D eigenvalue weighted by atomic mass is 35.5. The second-order valence-corrected chi connectivity index (χ2v) is 13.5. The van der Waals surface area contributed by atoms with E-state index in [9.17, 15) is 13.2 Å². The minimum atomic E-state index is -3.91. The zero-order chi connectivity index (χ0) is 27.6. The number of carbonyl (C=O) groups is 1. The van der Waals surface area contributed by atoms with Gasteiger partial charge in [-0.2, -0.15) is 4.31 Å². The Morgan fingerprint density at radius 3 is 2.22 bits per heavy atom. The number of rotatable bonds is 7. The average Bonchev–Trinajstić information content (AvgIpc) is 3.17. The predicted octanol–water partition coefficient (Wildman–Crippen LogP) is 6.61. The zero-order valence-corrected chi connectivity index (χ0v) is 24.1. The first-order chi connectivity index (χ1) is 17.1. The summed E-state index contributed by atoms with van der Waals surface area (Å²) in [5, 5.41) is 0.560. The van der Waals surface area contributed by atoms with Gasteiger partial charge in [-0.1, -0.05) is 68.8 Å². The Morgan fingerprint density at radius 1 is 1.03 bits per heavy atom. The molecule has 8 heteroatoms. The molecule has 0 aliphatic carbocycles. The standard InChI is InChI=1S/C29H36ClNO5S/c1-20-10-8-9-11-24(20)37(33,34)31-25(28(2,3)4)18-22(27(31)21-12-14-23(30)15-13-21)19-35-17-16-26(32)36-29(5,6)7/h8-18,25,27H,19H2,1-7H3/b17-16+/t25?,27-/m0/s1. The molecule has 1 aliphatic heterocycles. The topological polar surface area (TPSA) is 72.9 Å². The van der Waals surface area contributed by atoms with Crippen LogP contribution in [0.2, 0.25) is 5.02 Å². The van der Waals surface area contributed by atoms with Crippen molar-refractivity contribution in [1.82, 2.24) is 4.31 Å². The second kappa shape index (κ2) is 11.0. The van der Waals surface area contributed by atoms with Crippen LogP contribution in [0.5, 0.6) is 0 Å². The van der Waals surface area contributed by atoms with Crippen molar-refractivity contribution in [3.8, 4) is 0 Å². The Morgan fingerprint density at radius 2 is 1.65 bits per heavy atom. The Kier molecular flexibility index (Phi) is 8.62. The Hall–Kier alpha value is -2.61. The molecule has 0 aromatic heterocycles. The molecule has 0 spiro atoms. The molecule has 3 rings (SSSR count). The van der Waals surface area contributed by atoms with Gasteiger partial charge in [0, 0.05) is 11.1 Å².